The fourth-order valence-electron chi connectivity index (χ4n) is 2.24. The Balaban J connectivity index is 3.50. The Morgan fingerprint density at radius 3 is 1.81 bits per heavy atom. The molecule has 0 rings (SSSR count). The molecule has 0 saturated heterocycles. The van der Waals surface area contributed by atoms with E-state index in [4.69, 9.17) is 5.11 Å². The molecule has 2 heteroatoms. The van der Waals surface area contributed by atoms with Crippen LogP contribution in [0.3, 0.4) is 0 Å². The molecule has 26 heavy (non-hydrogen) atoms. The van der Waals surface area contributed by atoms with Gasteiger partial charge in [0.05, 0.1) is 0 Å². The maximum atomic E-state index is 10.4. The second-order valence-electron chi connectivity index (χ2n) is 6.12. The van der Waals surface area contributed by atoms with Crippen LogP contribution in [-0.4, -0.2) is 11.1 Å². The maximum Gasteiger partial charge on any atom is 0.303 e. The van der Waals surface area contributed by atoms with Gasteiger partial charge in [0.25, 0.3) is 0 Å². The number of hydrogen-bond donors (Lipinski definition) is 1. The zero-order valence-corrected chi connectivity index (χ0v) is 16.4. The fraction of sp³-hybridized carbons (Fsp3) is 0.458. The van der Waals surface area contributed by atoms with Gasteiger partial charge in [0.1, 0.15) is 0 Å². The maximum absolute atomic E-state index is 10.4. The Labute approximate surface area is 160 Å². The van der Waals surface area contributed by atoms with Gasteiger partial charge in [-0.15, -0.1) is 0 Å². The molecule has 0 aliphatic heterocycles. The standard InChI is InChI=1S/C24H36O2/c1-2-3-4-5-6-7-8-9-10-11-12-13-14-15-16-17-18-19-20-21-22-23-24(25)26/h3-4,6-7,9-10,12-17H,2,5,8,11,18-23H2,1H3,(H,25,26)/b4-3+,7-6+,10-9+,13-12+,15-14+,17-16+. The molecule has 1 N–H and O–H groups in total. The van der Waals surface area contributed by atoms with Crippen LogP contribution in [0.25, 0.3) is 0 Å². The Kier molecular flexibility index (Phi) is 19.3. The highest BCUT2D eigenvalue weighted by atomic mass is 16.4. The van der Waals surface area contributed by atoms with Gasteiger partial charge in [0.15, 0.2) is 0 Å². The van der Waals surface area contributed by atoms with Crippen LogP contribution >= 0.6 is 0 Å². The molecule has 0 aliphatic rings. The molecule has 0 unspecified atom stereocenters. The van der Waals surface area contributed by atoms with Gasteiger partial charge in [-0.05, 0) is 44.9 Å². The van der Waals surface area contributed by atoms with E-state index in [1.54, 1.807) is 0 Å². The third-order valence-corrected chi connectivity index (χ3v) is 3.67. The summed E-state index contributed by atoms with van der Waals surface area (Å²) in [6.45, 7) is 2.15. The van der Waals surface area contributed by atoms with Crippen LogP contribution in [0.4, 0.5) is 0 Å². The average Bonchev–Trinajstić information content (AvgIpc) is 2.62. The summed E-state index contributed by atoms with van der Waals surface area (Å²) in [4.78, 5) is 10.4. The van der Waals surface area contributed by atoms with Crippen molar-refractivity contribution in [1.29, 1.82) is 0 Å². The fourth-order valence-corrected chi connectivity index (χ4v) is 2.24. The van der Waals surface area contributed by atoms with E-state index in [0.29, 0.717) is 6.42 Å². The first-order chi connectivity index (χ1) is 12.8. The van der Waals surface area contributed by atoms with Crippen LogP contribution < -0.4 is 0 Å². The number of rotatable bonds is 16. The lowest BCUT2D eigenvalue weighted by Gasteiger charge is -1.96. The van der Waals surface area contributed by atoms with Crippen molar-refractivity contribution in [2.24, 2.45) is 0 Å². The number of carbonyl (C=O) groups is 1. The topological polar surface area (TPSA) is 37.3 Å². The van der Waals surface area contributed by atoms with E-state index in [9.17, 15) is 4.79 Å². The highest BCUT2D eigenvalue weighted by Gasteiger charge is 1.95. The van der Waals surface area contributed by atoms with Gasteiger partial charge in [-0.2, -0.15) is 0 Å². The number of allylic oxidation sites excluding steroid dienone is 12. The highest BCUT2D eigenvalue weighted by molar-refractivity contribution is 5.66. The molecule has 0 heterocycles. The molecule has 0 bridgehead atoms. The minimum atomic E-state index is -0.689. The van der Waals surface area contributed by atoms with E-state index >= 15 is 0 Å². The minimum absolute atomic E-state index is 0.299. The lowest BCUT2D eigenvalue weighted by Crippen LogP contribution is -1.93. The van der Waals surface area contributed by atoms with Crippen molar-refractivity contribution in [3.8, 4) is 0 Å². The Bertz CT molecular complexity index is 490. The first kappa shape index (κ1) is 23.9. The van der Waals surface area contributed by atoms with Crippen LogP contribution in [0.15, 0.2) is 72.9 Å². The smallest absolute Gasteiger partial charge is 0.303 e. The molecular formula is C24H36O2. The zero-order chi connectivity index (χ0) is 19.1. The van der Waals surface area contributed by atoms with Crippen molar-refractivity contribution < 1.29 is 9.90 Å². The van der Waals surface area contributed by atoms with Crippen LogP contribution in [0.5, 0.6) is 0 Å². The summed E-state index contributed by atoms with van der Waals surface area (Å²) < 4.78 is 0. The third-order valence-electron chi connectivity index (χ3n) is 3.67. The normalized spacial score (nSPS) is 13.0. The van der Waals surface area contributed by atoms with E-state index in [1.165, 1.54) is 0 Å². The molecule has 0 spiro atoms. The van der Waals surface area contributed by atoms with Gasteiger partial charge in [0.2, 0.25) is 0 Å². The van der Waals surface area contributed by atoms with E-state index in [1.807, 2.05) is 0 Å². The summed E-state index contributed by atoms with van der Waals surface area (Å²) in [5.74, 6) is -0.689. The molecular weight excluding hydrogens is 320 g/mol. The molecule has 0 aromatic heterocycles. The Morgan fingerprint density at radius 2 is 1.19 bits per heavy atom. The molecule has 0 aromatic rings. The van der Waals surface area contributed by atoms with Crippen molar-refractivity contribution in [3.63, 3.8) is 0 Å². The lowest BCUT2D eigenvalue weighted by molar-refractivity contribution is -0.137. The first-order valence-corrected chi connectivity index (χ1v) is 9.92. The van der Waals surface area contributed by atoms with Gasteiger partial charge >= 0.3 is 5.97 Å². The van der Waals surface area contributed by atoms with Gasteiger partial charge in [-0.3, -0.25) is 4.79 Å². The Hall–Kier alpha value is -2.09. The summed E-state index contributed by atoms with van der Waals surface area (Å²) in [6, 6.07) is 0. The van der Waals surface area contributed by atoms with Crippen molar-refractivity contribution in [2.75, 3.05) is 0 Å². The van der Waals surface area contributed by atoms with Gasteiger partial charge in [-0.1, -0.05) is 92.7 Å². The molecule has 0 amide bonds. The molecule has 0 saturated carbocycles. The molecule has 144 valence electrons. The molecule has 0 radical (unpaired) electrons. The van der Waals surface area contributed by atoms with Gasteiger partial charge in [0, 0.05) is 6.42 Å². The predicted molar refractivity (Wildman–Crippen MR) is 114 cm³/mol. The third kappa shape index (κ3) is 21.9. The quantitative estimate of drug-likeness (QED) is 0.178. The van der Waals surface area contributed by atoms with Crippen molar-refractivity contribution in [1.82, 2.24) is 0 Å². The van der Waals surface area contributed by atoms with E-state index in [-0.39, 0.29) is 0 Å². The number of unbranched alkanes of at least 4 members (excludes halogenated alkanes) is 4. The summed E-state index contributed by atoms with van der Waals surface area (Å²) >= 11 is 0. The van der Waals surface area contributed by atoms with Gasteiger partial charge < -0.3 is 5.11 Å². The van der Waals surface area contributed by atoms with Crippen LogP contribution in [0, 0.1) is 0 Å². The van der Waals surface area contributed by atoms with Crippen LogP contribution in [-0.2, 0) is 4.79 Å². The van der Waals surface area contributed by atoms with Crippen LogP contribution in [0.2, 0.25) is 0 Å². The summed E-state index contributed by atoms with van der Waals surface area (Å²) in [5.41, 5.74) is 0. The zero-order valence-electron chi connectivity index (χ0n) is 16.4. The van der Waals surface area contributed by atoms with Crippen molar-refractivity contribution >= 4 is 5.97 Å². The number of aliphatic carboxylic acids is 1. The number of carboxylic acid groups (broad SMARTS) is 1. The minimum Gasteiger partial charge on any atom is -0.481 e. The lowest BCUT2D eigenvalue weighted by atomic mass is 10.1. The SMILES string of the molecule is CC/C=C/C/C=C/C/C=C/C/C=C/C=C/C=C/CCCCCCC(=O)O. The first-order valence-electron chi connectivity index (χ1n) is 9.92. The molecule has 0 atom stereocenters. The predicted octanol–water partition coefficient (Wildman–Crippen LogP) is 7.33. The second kappa shape index (κ2) is 21.0. The summed E-state index contributed by atoms with van der Waals surface area (Å²) in [5, 5.41) is 8.54. The second-order valence-corrected chi connectivity index (χ2v) is 6.12. The highest BCUT2D eigenvalue weighted by Crippen LogP contribution is 2.05. The number of hydrogen-bond acceptors (Lipinski definition) is 1. The van der Waals surface area contributed by atoms with Crippen molar-refractivity contribution in [2.45, 2.75) is 71.1 Å². The van der Waals surface area contributed by atoms with Crippen molar-refractivity contribution in [3.05, 3.63) is 72.9 Å². The molecule has 0 aliphatic carbocycles. The summed E-state index contributed by atoms with van der Waals surface area (Å²) in [6.07, 6.45) is 35.3. The average molecular weight is 357 g/mol. The van der Waals surface area contributed by atoms with Gasteiger partial charge in [-0.25, -0.2) is 0 Å². The largest absolute Gasteiger partial charge is 0.481 e. The molecule has 0 aromatic carbocycles. The van der Waals surface area contributed by atoms with E-state index in [2.05, 4.69) is 79.8 Å². The number of carboxylic acids is 1. The van der Waals surface area contributed by atoms with E-state index in [0.717, 1.165) is 57.8 Å². The summed E-state index contributed by atoms with van der Waals surface area (Å²) in [7, 11) is 0. The Morgan fingerprint density at radius 1 is 0.654 bits per heavy atom. The van der Waals surface area contributed by atoms with Crippen LogP contribution in [0.1, 0.15) is 71.1 Å². The monoisotopic (exact) mass is 356 g/mol. The molecule has 2 nitrogen and oxygen atoms in total. The van der Waals surface area contributed by atoms with E-state index < -0.39 is 5.97 Å². The molecule has 0 fully saturated rings.